The number of nitrogens with one attached hydrogen (secondary N) is 1. The van der Waals surface area contributed by atoms with E-state index in [4.69, 9.17) is 4.74 Å². The molecule has 28 heavy (non-hydrogen) atoms. The first kappa shape index (κ1) is 19.7. The number of benzene rings is 2. The van der Waals surface area contributed by atoms with Crippen molar-refractivity contribution in [2.24, 2.45) is 0 Å². The number of hydrogen-bond donors (Lipinski definition) is 1. The van der Waals surface area contributed by atoms with Crippen molar-refractivity contribution in [3.63, 3.8) is 0 Å². The average Bonchev–Trinajstić information content (AvgIpc) is 3.09. The molecule has 1 aromatic heterocycles. The van der Waals surface area contributed by atoms with Gasteiger partial charge in [0.25, 0.3) is 5.91 Å². The Balaban J connectivity index is 1.54. The van der Waals surface area contributed by atoms with E-state index in [0.717, 1.165) is 15.8 Å². The number of esters is 1. The van der Waals surface area contributed by atoms with Crippen molar-refractivity contribution in [1.29, 1.82) is 0 Å². The van der Waals surface area contributed by atoms with Crippen LogP contribution in [-0.2, 0) is 14.3 Å². The van der Waals surface area contributed by atoms with Crippen LogP contribution in [0.25, 0.3) is 16.3 Å². The van der Waals surface area contributed by atoms with Gasteiger partial charge in [0.2, 0.25) is 0 Å². The lowest BCUT2D eigenvalue weighted by atomic mass is 10.1. The molecule has 0 fully saturated rings. The van der Waals surface area contributed by atoms with Crippen LogP contribution in [0.3, 0.4) is 0 Å². The first-order valence-corrected chi connectivity index (χ1v) is 9.54. The standard InChI is InChI=1S/C21H19FN2O3S/c1-13(15-7-9-16(22)10-8-15)23-21(26)14(2)27-20(25)12-11-19-24-17-5-3-4-6-18(17)28-19/h3-14H,1-2H3,(H,23,26)/b12-11+. The number of fused-ring (bicyclic) bond motifs is 1. The molecule has 0 aliphatic rings. The monoisotopic (exact) mass is 398 g/mol. The molecule has 0 spiro atoms. The quantitative estimate of drug-likeness (QED) is 0.498. The third kappa shape index (κ3) is 5.01. The van der Waals surface area contributed by atoms with Gasteiger partial charge in [-0.2, -0.15) is 0 Å². The zero-order chi connectivity index (χ0) is 20.1. The summed E-state index contributed by atoms with van der Waals surface area (Å²) in [7, 11) is 0. The van der Waals surface area contributed by atoms with Crippen molar-refractivity contribution in [3.05, 3.63) is 71.0 Å². The van der Waals surface area contributed by atoms with E-state index in [1.54, 1.807) is 25.1 Å². The Morgan fingerprint density at radius 1 is 1.14 bits per heavy atom. The Labute approximate surface area is 165 Å². The molecule has 0 saturated carbocycles. The molecule has 144 valence electrons. The highest BCUT2D eigenvalue weighted by Crippen LogP contribution is 2.22. The number of hydrogen-bond acceptors (Lipinski definition) is 5. The van der Waals surface area contributed by atoms with E-state index in [1.165, 1.54) is 36.5 Å². The van der Waals surface area contributed by atoms with Crippen LogP contribution in [0.15, 0.2) is 54.6 Å². The van der Waals surface area contributed by atoms with Gasteiger partial charge in [-0.25, -0.2) is 14.2 Å². The number of carbonyl (C=O) groups is 2. The Kier molecular flexibility index (Phi) is 6.16. The van der Waals surface area contributed by atoms with Crippen LogP contribution in [0.4, 0.5) is 4.39 Å². The van der Waals surface area contributed by atoms with Crippen molar-refractivity contribution >= 4 is 39.5 Å². The molecule has 2 aromatic carbocycles. The Hall–Kier alpha value is -3.06. The summed E-state index contributed by atoms with van der Waals surface area (Å²) in [6, 6.07) is 13.2. The first-order chi connectivity index (χ1) is 13.4. The van der Waals surface area contributed by atoms with E-state index >= 15 is 0 Å². The highest BCUT2D eigenvalue weighted by molar-refractivity contribution is 7.19. The summed E-state index contributed by atoms with van der Waals surface area (Å²) in [4.78, 5) is 28.6. The molecule has 0 saturated heterocycles. The maximum absolute atomic E-state index is 13.0. The van der Waals surface area contributed by atoms with Crippen molar-refractivity contribution in [1.82, 2.24) is 10.3 Å². The molecule has 5 nitrogen and oxygen atoms in total. The van der Waals surface area contributed by atoms with Gasteiger partial charge in [0.1, 0.15) is 10.8 Å². The predicted molar refractivity (Wildman–Crippen MR) is 107 cm³/mol. The van der Waals surface area contributed by atoms with Gasteiger partial charge < -0.3 is 10.1 Å². The Morgan fingerprint density at radius 2 is 1.86 bits per heavy atom. The number of ether oxygens (including phenoxy) is 1. The zero-order valence-electron chi connectivity index (χ0n) is 15.4. The number of nitrogens with zero attached hydrogens (tertiary/aromatic N) is 1. The topological polar surface area (TPSA) is 68.3 Å². The Bertz CT molecular complexity index is 981. The van der Waals surface area contributed by atoms with Gasteiger partial charge in [-0.15, -0.1) is 11.3 Å². The van der Waals surface area contributed by atoms with Crippen LogP contribution in [-0.4, -0.2) is 23.0 Å². The molecule has 2 atom stereocenters. The maximum atomic E-state index is 13.0. The van der Waals surface area contributed by atoms with Crippen LogP contribution in [0.2, 0.25) is 0 Å². The van der Waals surface area contributed by atoms with Gasteiger partial charge in [0.05, 0.1) is 16.3 Å². The van der Waals surface area contributed by atoms with Crippen LogP contribution in [0.1, 0.15) is 30.5 Å². The second-order valence-electron chi connectivity index (χ2n) is 6.21. The number of para-hydroxylation sites is 1. The molecule has 1 heterocycles. The second kappa shape index (κ2) is 8.75. The van der Waals surface area contributed by atoms with Crippen molar-refractivity contribution in [2.45, 2.75) is 26.0 Å². The largest absolute Gasteiger partial charge is 0.449 e. The number of halogens is 1. The molecule has 0 radical (unpaired) electrons. The lowest BCUT2D eigenvalue weighted by Crippen LogP contribution is -2.37. The van der Waals surface area contributed by atoms with E-state index in [0.29, 0.717) is 5.01 Å². The van der Waals surface area contributed by atoms with Gasteiger partial charge >= 0.3 is 5.97 Å². The van der Waals surface area contributed by atoms with E-state index in [-0.39, 0.29) is 11.9 Å². The fourth-order valence-corrected chi connectivity index (χ4v) is 3.40. The molecule has 3 rings (SSSR count). The SMILES string of the molecule is CC(OC(=O)/C=C/c1nc2ccccc2s1)C(=O)NC(C)c1ccc(F)cc1. The van der Waals surface area contributed by atoms with Crippen LogP contribution >= 0.6 is 11.3 Å². The summed E-state index contributed by atoms with van der Waals surface area (Å²) in [5.74, 6) is -1.40. The summed E-state index contributed by atoms with van der Waals surface area (Å²) in [6.45, 7) is 3.27. The fraction of sp³-hybridized carbons (Fsp3) is 0.190. The van der Waals surface area contributed by atoms with Crippen molar-refractivity contribution in [2.75, 3.05) is 0 Å². The minimum atomic E-state index is -0.963. The third-order valence-corrected chi connectivity index (χ3v) is 5.06. The second-order valence-corrected chi connectivity index (χ2v) is 7.28. The van der Waals surface area contributed by atoms with Gasteiger partial charge in [-0.3, -0.25) is 4.79 Å². The third-order valence-electron chi connectivity index (χ3n) is 4.06. The minimum Gasteiger partial charge on any atom is -0.449 e. The van der Waals surface area contributed by atoms with Gasteiger partial charge in [-0.05, 0) is 49.8 Å². The number of aromatic nitrogens is 1. The lowest BCUT2D eigenvalue weighted by Gasteiger charge is -2.17. The summed E-state index contributed by atoms with van der Waals surface area (Å²) in [5.41, 5.74) is 1.62. The van der Waals surface area contributed by atoms with E-state index in [2.05, 4.69) is 10.3 Å². The van der Waals surface area contributed by atoms with Crippen molar-refractivity contribution in [3.8, 4) is 0 Å². The van der Waals surface area contributed by atoms with Gasteiger partial charge in [-0.1, -0.05) is 24.3 Å². The molecule has 2 unspecified atom stereocenters. The van der Waals surface area contributed by atoms with Crippen LogP contribution in [0.5, 0.6) is 0 Å². The predicted octanol–water partition coefficient (Wildman–Crippen LogP) is 4.26. The molecule has 7 heteroatoms. The molecule has 1 amide bonds. The summed E-state index contributed by atoms with van der Waals surface area (Å²) < 4.78 is 19.2. The number of thiazole rings is 1. The van der Waals surface area contributed by atoms with Gasteiger partial charge in [0.15, 0.2) is 6.10 Å². The summed E-state index contributed by atoms with van der Waals surface area (Å²) >= 11 is 1.46. The number of carbonyl (C=O) groups excluding carboxylic acids is 2. The van der Waals surface area contributed by atoms with Crippen molar-refractivity contribution < 1.29 is 18.7 Å². The normalized spacial score (nSPS) is 13.4. The van der Waals surface area contributed by atoms with Gasteiger partial charge in [0, 0.05) is 6.08 Å². The molecule has 1 N–H and O–H groups in total. The summed E-state index contributed by atoms with van der Waals surface area (Å²) in [6.07, 6.45) is 1.86. The van der Waals surface area contributed by atoms with Crippen LogP contribution < -0.4 is 5.32 Å². The first-order valence-electron chi connectivity index (χ1n) is 8.72. The van der Waals surface area contributed by atoms with E-state index in [1.807, 2.05) is 24.3 Å². The Morgan fingerprint density at radius 3 is 2.57 bits per heavy atom. The summed E-state index contributed by atoms with van der Waals surface area (Å²) in [5, 5.41) is 3.42. The smallest absolute Gasteiger partial charge is 0.331 e. The van der Waals surface area contributed by atoms with Crippen LogP contribution in [0, 0.1) is 5.82 Å². The van der Waals surface area contributed by atoms with E-state index in [9.17, 15) is 14.0 Å². The van der Waals surface area contributed by atoms with E-state index < -0.39 is 18.0 Å². The minimum absolute atomic E-state index is 0.340. The molecule has 3 aromatic rings. The molecule has 0 aliphatic heterocycles. The average molecular weight is 398 g/mol. The molecular formula is C21H19FN2O3S. The number of rotatable bonds is 6. The molecule has 0 aliphatic carbocycles. The fourth-order valence-electron chi connectivity index (χ4n) is 2.53. The highest BCUT2D eigenvalue weighted by Gasteiger charge is 2.19. The molecular weight excluding hydrogens is 379 g/mol. The molecule has 0 bridgehead atoms. The highest BCUT2D eigenvalue weighted by atomic mass is 32.1. The maximum Gasteiger partial charge on any atom is 0.331 e. The number of amides is 1. The zero-order valence-corrected chi connectivity index (χ0v) is 16.2. The lowest BCUT2D eigenvalue weighted by molar-refractivity contribution is -0.150.